The van der Waals surface area contributed by atoms with E-state index in [0.717, 1.165) is 0 Å². The zero-order valence-electron chi connectivity index (χ0n) is 12.7. The topological polar surface area (TPSA) is 109 Å². The van der Waals surface area contributed by atoms with E-state index in [4.69, 9.17) is 26.3 Å². The molecule has 0 spiro atoms. The average Bonchev–Trinajstić information content (AvgIpc) is 2.57. The summed E-state index contributed by atoms with van der Waals surface area (Å²) in [5, 5.41) is 14.2. The number of aromatic nitrogens is 2. The zero-order chi connectivity index (χ0) is 17.4. The van der Waals surface area contributed by atoms with Crippen molar-refractivity contribution in [3.63, 3.8) is 0 Å². The number of benzene rings is 1. The monoisotopic (exact) mass is 347 g/mol. The molecule has 9 heteroatoms. The van der Waals surface area contributed by atoms with Crippen LogP contribution in [0.15, 0.2) is 30.6 Å². The lowest BCUT2D eigenvalue weighted by Gasteiger charge is -2.13. The Morgan fingerprint density at radius 2 is 2.12 bits per heavy atom. The molecular formula is C15H14ClN5O3. The molecule has 0 aliphatic heterocycles. The second-order valence-electron chi connectivity index (χ2n) is 4.46. The molecule has 2 rings (SSSR count). The van der Waals surface area contributed by atoms with E-state index in [1.54, 1.807) is 25.3 Å². The molecule has 2 amide bonds. The molecule has 8 nitrogen and oxygen atoms in total. The number of nitriles is 1. The van der Waals surface area contributed by atoms with Crippen molar-refractivity contribution in [1.82, 2.24) is 9.97 Å². The van der Waals surface area contributed by atoms with Crippen molar-refractivity contribution in [1.29, 1.82) is 5.26 Å². The van der Waals surface area contributed by atoms with Crippen molar-refractivity contribution in [2.75, 3.05) is 31.0 Å². The molecule has 2 aromatic rings. The molecule has 0 saturated carbocycles. The number of anilines is 2. The molecule has 0 atom stereocenters. The van der Waals surface area contributed by atoms with Gasteiger partial charge in [-0.25, -0.2) is 14.8 Å². The maximum absolute atomic E-state index is 12.1. The maximum Gasteiger partial charge on any atom is 0.325 e. The van der Waals surface area contributed by atoms with E-state index < -0.39 is 6.03 Å². The fourth-order valence-electron chi connectivity index (χ4n) is 1.68. The summed E-state index contributed by atoms with van der Waals surface area (Å²) >= 11 is 5.95. The van der Waals surface area contributed by atoms with Gasteiger partial charge in [0.05, 0.1) is 24.7 Å². The Morgan fingerprint density at radius 3 is 2.79 bits per heavy atom. The first-order valence-corrected chi connectivity index (χ1v) is 7.21. The quantitative estimate of drug-likeness (QED) is 0.777. The van der Waals surface area contributed by atoms with Crippen LogP contribution in [0.2, 0.25) is 5.02 Å². The summed E-state index contributed by atoms with van der Waals surface area (Å²) < 4.78 is 10.4. The number of hydrogen-bond donors (Lipinski definition) is 2. The number of nitrogens with zero attached hydrogens (tertiary/aromatic N) is 3. The van der Waals surface area contributed by atoms with Crippen molar-refractivity contribution in [3.05, 3.63) is 41.3 Å². The summed E-state index contributed by atoms with van der Waals surface area (Å²) in [5.41, 5.74) is 0.558. The lowest BCUT2D eigenvalue weighted by molar-refractivity contribution is 0.146. The number of carbonyl (C=O) groups is 1. The van der Waals surface area contributed by atoms with Crippen LogP contribution in [0.3, 0.4) is 0 Å². The van der Waals surface area contributed by atoms with Crippen LogP contribution in [0.1, 0.15) is 5.69 Å². The minimum atomic E-state index is -0.548. The van der Waals surface area contributed by atoms with Gasteiger partial charge in [-0.1, -0.05) is 11.6 Å². The maximum atomic E-state index is 12.1. The summed E-state index contributed by atoms with van der Waals surface area (Å²) in [4.78, 5) is 19.8. The van der Waals surface area contributed by atoms with Gasteiger partial charge in [-0.2, -0.15) is 5.26 Å². The SMILES string of the molecule is COCCOc1ccc(Cl)cc1NC(=O)Nc1cnc(C#N)cn1. The number of halogens is 1. The van der Waals surface area contributed by atoms with Crippen molar-refractivity contribution >= 4 is 29.1 Å². The van der Waals surface area contributed by atoms with Crippen molar-refractivity contribution in [2.24, 2.45) is 0 Å². The standard InChI is InChI=1S/C15H14ClN5O3/c1-23-4-5-24-13-3-2-10(16)6-12(13)20-15(22)21-14-9-18-11(7-17)8-19-14/h2-3,6,8-9H,4-5H2,1H3,(H2,19,20,21,22). The Balaban J connectivity index is 2.04. The van der Waals surface area contributed by atoms with E-state index >= 15 is 0 Å². The second kappa shape index (κ2) is 8.67. The Labute approximate surface area is 143 Å². The molecule has 124 valence electrons. The van der Waals surface area contributed by atoms with E-state index in [0.29, 0.717) is 29.7 Å². The molecule has 0 unspecified atom stereocenters. The Morgan fingerprint density at radius 1 is 1.29 bits per heavy atom. The summed E-state index contributed by atoms with van der Waals surface area (Å²) in [6.45, 7) is 0.741. The smallest absolute Gasteiger partial charge is 0.325 e. The van der Waals surface area contributed by atoms with Gasteiger partial charge in [0.2, 0.25) is 0 Å². The number of urea groups is 1. The highest BCUT2D eigenvalue weighted by Gasteiger charge is 2.10. The van der Waals surface area contributed by atoms with Gasteiger partial charge < -0.3 is 14.8 Å². The van der Waals surface area contributed by atoms with Crippen LogP contribution in [-0.4, -0.2) is 36.3 Å². The van der Waals surface area contributed by atoms with Crippen molar-refractivity contribution in [2.45, 2.75) is 0 Å². The van der Waals surface area contributed by atoms with Crippen LogP contribution in [-0.2, 0) is 4.74 Å². The molecule has 0 fully saturated rings. The Hall–Kier alpha value is -2.89. The first-order chi connectivity index (χ1) is 11.6. The predicted octanol–water partition coefficient (Wildman–Crippen LogP) is 2.67. The van der Waals surface area contributed by atoms with Crippen molar-refractivity contribution in [3.8, 4) is 11.8 Å². The van der Waals surface area contributed by atoms with Crippen molar-refractivity contribution < 1.29 is 14.3 Å². The van der Waals surface area contributed by atoms with Gasteiger partial charge in [-0.05, 0) is 18.2 Å². The van der Waals surface area contributed by atoms with Gasteiger partial charge in [-0.15, -0.1) is 0 Å². The zero-order valence-corrected chi connectivity index (χ0v) is 13.5. The van der Waals surface area contributed by atoms with E-state index in [9.17, 15) is 4.79 Å². The number of ether oxygens (including phenoxy) is 2. The number of methoxy groups -OCH3 is 1. The average molecular weight is 348 g/mol. The Kier molecular flexibility index (Phi) is 6.31. The molecule has 0 aliphatic carbocycles. The molecule has 0 saturated heterocycles. The van der Waals surface area contributed by atoms with E-state index in [1.807, 2.05) is 6.07 Å². The third kappa shape index (κ3) is 5.08. The largest absolute Gasteiger partial charge is 0.489 e. The van der Waals surface area contributed by atoms with Crippen LogP contribution in [0.5, 0.6) is 5.75 Å². The van der Waals surface area contributed by atoms with Gasteiger partial charge in [0, 0.05) is 12.1 Å². The minimum absolute atomic E-state index is 0.157. The molecule has 1 aromatic carbocycles. The predicted molar refractivity (Wildman–Crippen MR) is 88.2 cm³/mol. The summed E-state index contributed by atoms with van der Waals surface area (Å²) in [6.07, 6.45) is 2.54. The molecule has 2 N–H and O–H groups in total. The normalized spacial score (nSPS) is 9.88. The highest BCUT2D eigenvalue weighted by Crippen LogP contribution is 2.28. The van der Waals surface area contributed by atoms with Gasteiger partial charge in [-0.3, -0.25) is 5.32 Å². The summed E-state index contributed by atoms with van der Waals surface area (Å²) in [5.74, 6) is 0.660. The van der Waals surface area contributed by atoms with Crippen LogP contribution in [0.4, 0.5) is 16.3 Å². The second-order valence-corrected chi connectivity index (χ2v) is 4.90. The first kappa shape index (κ1) is 17.5. The number of hydrogen-bond acceptors (Lipinski definition) is 6. The van der Waals surface area contributed by atoms with E-state index in [-0.39, 0.29) is 11.5 Å². The number of carbonyl (C=O) groups excluding carboxylic acids is 1. The highest BCUT2D eigenvalue weighted by atomic mass is 35.5. The number of rotatable bonds is 6. The first-order valence-electron chi connectivity index (χ1n) is 6.84. The fourth-order valence-corrected chi connectivity index (χ4v) is 1.85. The van der Waals surface area contributed by atoms with Crippen LogP contribution in [0.25, 0.3) is 0 Å². The highest BCUT2D eigenvalue weighted by molar-refractivity contribution is 6.31. The number of amides is 2. The molecule has 1 heterocycles. The molecule has 1 aromatic heterocycles. The third-order valence-corrected chi connectivity index (χ3v) is 2.98. The molecule has 0 aliphatic rings. The molecule has 0 radical (unpaired) electrons. The summed E-state index contributed by atoms with van der Waals surface area (Å²) in [6, 6.07) is 6.16. The third-order valence-electron chi connectivity index (χ3n) is 2.74. The fraction of sp³-hybridized carbons (Fsp3) is 0.200. The molecule has 24 heavy (non-hydrogen) atoms. The van der Waals surface area contributed by atoms with E-state index in [2.05, 4.69) is 20.6 Å². The van der Waals surface area contributed by atoms with Gasteiger partial charge >= 0.3 is 6.03 Å². The van der Waals surface area contributed by atoms with Gasteiger partial charge in [0.15, 0.2) is 11.5 Å². The van der Waals surface area contributed by atoms with Crippen LogP contribution >= 0.6 is 11.6 Å². The van der Waals surface area contributed by atoms with Crippen LogP contribution in [0, 0.1) is 11.3 Å². The van der Waals surface area contributed by atoms with Gasteiger partial charge in [0.1, 0.15) is 18.4 Å². The van der Waals surface area contributed by atoms with E-state index in [1.165, 1.54) is 12.4 Å². The molecular weight excluding hydrogens is 334 g/mol. The molecule has 0 bridgehead atoms. The number of nitrogens with one attached hydrogen (secondary N) is 2. The van der Waals surface area contributed by atoms with Crippen LogP contribution < -0.4 is 15.4 Å². The lowest BCUT2D eigenvalue weighted by atomic mass is 10.3. The van der Waals surface area contributed by atoms with Gasteiger partial charge in [0.25, 0.3) is 0 Å². The minimum Gasteiger partial charge on any atom is -0.489 e. The summed E-state index contributed by atoms with van der Waals surface area (Å²) in [7, 11) is 1.57. The lowest BCUT2D eigenvalue weighted by Crippen LogP contribution is -2.21. The Bertz CT molecular complexity index is 746.